The molecule has 0 radical (unpaired) electrons. The molecule has 1 aromatic rings. The number of primary amides is 1. The van der Waals surface area contributed by atoms with Crippen molar-refractivity contribution in [2.45, 2.75) is 6.92 Å². The van der Waals surface area contributed by atoms with Crippen molar-refractivity contribution in [2.24, 2.45) is 10.8 Å². The van der Waals surface area contributed by atoms with Crippen LogP contribution >= 0.6 is 0 Å². The van der Waals surface area contributed by atoms with Gasteiger partial charge in [-0.1, -0.05) is 0 Å². The summed E-state index contributed by atoms with van der Waals surface area (Å²) in [5.74, 6) is 1.23. The van der Waals surface area contributed by atoms with E-state index in [1.807, 2.05) is 6.07 Å². The van der Waals surface area contributed by atoms with Gasteiger partial charge in [0.25, 0.3) is 0 Å². The zero-order valence-corrected chi connectivity index (χ0v) is 9.98. The highest BCUT2D eigenvalue weighted by atomic mass is 16.5. The van der Waals surface area contributed by atoms with E-state index in [1.54, 1.807) is 33.3 Å². The summed E-state index contributed by atoms with van der Waals surface area (Å²) in [6.07, 6.45) is 0. The van der Waals surface area contributed by atoms with Crippen LogP contribution < -0.4 is 20.6 Å². The van der Waals surface area contributed by atoms with Crippen LogP contribution in [0.4, 0.5) is 4.79 Å². The average molecular weight is 237 g/mol. The number of methoxy groups -OCH3 is 2. The Hall–Kier alpha value is -2.24. The molecule has 6 nitrogen and oxygen atoms in total. The van der Waals surface area contributed by atoms with Crippen molar-refractivity contribution in [3.05, 3.63) is 23.8 Å². The van der Waals surface area contributed by atoms with Gasteiger partial charge in [0.2, 0.25) is 0 Å². The van der Waals surface area contributed by atoms with Crippen LogP contribution in [0.2, 0.25) is 0 Å². The number of nitrogens with zero attached hydrogens (tertiary/aromatic N) is 1. The van der Waals surface area contributed by atoms with Gasteiger partial charge in [0, 0.05) is 5.56 Å². The quantitative estimate of drug-likeness (QED) is 0.607. The largest absolute Gasteiger partial charge is 0.493 e. The summed E-state index contributed by atoms with van der Waals surface area (Å²) >= 11 is 0. The maximum atomic E-state index is 10.5. The second-order valence-electron chi connectivity index (χ2n) is 3.24. The Morgan fingerprint density at radius 3 is 2.47 bits per heavy atom. The van der Waals surface area contributed by atoms with Gasteiger partial charge >= 0.3 is 6.03 Å². The van der Waals surface area contributed by atoms with Gasteiger partial charge < -0.3 is 15.2 Å². The number of hydrogen-bond donors (Lipinski definition) is 2. The fourth-order valence-corrected chi connectivity index (χ4v) is 1.26. The zero-order valence-electron chi connectivity index (χ0n) is 9.98. The molecule has 2 amide bonds. The van der Waals surface area contributed by atoms with E-state index < -0.39 is 6.03 Å². The fourth-order valence-electron chi connectivity index (χ4n) is 1.26. The first kappa shape index (κ1) is 12.8. The summed E-state index contributed by atoms with van der Waals surface area (Å²) in [4.78, 5) is 10.5. The summed E-state index contributed by atoms with van der Waals surface area (Å²) in [6, 6.07) is 4.63. The Kier molecular flexibility index (Phi) is 4.33. The van der Waals surface area contributed by atoms with Crippen LogP contribution in [0.15, 0.2) is 23.3 Å². The number of carbonyl (C=O) groups is 1. The van der Waals surface area contributed by atoms with E-state index >= 15 is 0 Å². The SMILES string of the molecule is COc1ccc(C(C)=NNC(N)=O)cc1OC. The third kappa shape index (κ3) is 3.37. The van der Waals surface area contributed by atoms with Gasteiger partial charge in [0.1, 0.15) is 0 Å². The van der Waals surface area contributed by atoms with Crippen molar-refractivity contribution in [1.29, 1.82) is 0 Å². The lowest BCUT2D eigenvalue weighted by Crippen LogP contribution is -2.25. The van der Waals surface area contributed by atoms with E-state index in [0.717, 1.165) is 5.56 Å². The number of rotatable bonds is 4. The molecule has 17 heavy (non-hydrogen) atoms. The number of urea groups is 1. The van der Waals surface area contributed by atoms with Crippen LogP contribution in [0.25, 0.3) is 0 Å². The Balaban J connectivity index is 2.99. The number of hydrazone groups is 1. The number of nitrogens with one attached hydrogen (secondary N) is 1. The van der Waals surface area contributed by atoms with E-state index in [0.29, 0.717) is 17.2 Å². The Bertz CT molecular complexity index is 444. The average Bonchev–Trinajstić information content (AvgIpc) is 2.34. The van der Waals surface area contributed by atoms with Crippen LogP contribution in [-0.2, 0) is 0 Å². The molecule has 0 saturated heterocycles. The second kappa shape index (κ2) is 5.74. The summed E-state index contributed by atoms with van der Waals surface area (Å²) in [5, 5.41) is 3.82. The molecule has 0 aliphatic carbocycles. The molecular formula is C11H15N3O3. The Morgan fingerprint density at radius 2 is 1.94 bits per heavy atom. The summed E-state index contributed by atoms with van der Waals surface area (Å²) in [5.41, 5.74) is 8.50. The summed E-state index contributed by atoms with van der Waals surface area (Å²) < 4.78 is 10.3. The minimum atomic E-state index is -0.704. The maximum absolute atomic E-state index is 10.5. The van der Waals surface area contributed by atoms with Crippen molar-refractivity contribution >= 4 is 11.7 Å². The molecule has 0 aliphatic rings. The second-order valence-corrected chi connectivity index (χ2v) is 3.24. The van der Waals surface area contributed by atoms with Crippen LogP contribution in [0.1, 0.15) is 12.5 Å². The fraction of sp³-hybridized carbons (Fsp3) is 0.273. The highest BCUT2D eigenvalue weighted by molar-refractivity contribution is 5.99. The molecule has 0 atom stereocenters. The first-order chi connectivity index (χ1) is 8.08. The van der Waals surface area contributed by atoms with E-state index in [9.17, 15) is 4.79 Å². The van der Waals surface area contributed by atoms with E-state index in [-0.39, 0.29) is 0 Å². The Labute approximate surface area is 99.4 Å². The predicted octanol–water partition coefficient (Wildman–Crippen LogP) is 1.10. The number of ether oxygens (including phenoxy) is 2. The normalized spacial score (nSPS) is 10.9. The topological polar surface area (TPSA) is 85.9 Å². The van der Waals surface area contributed by atoms with Gasteiger partial charge in [0.15, 0.2) is 11.5 Å². The van der Waals surface area contributed by atoms with Crippen molar-refractivity contribution in [3.8, 4) is 11.5 Å². The van der Waals surface area contributed by atoms with Gasteiger partial charge in [0.05, 0.1) is 19.9 Å². The maximum Gasteiger partial charge on any atom is 0.332 e. The molecule has 1 rings (SSSR count). The lowest BCUT2D eigenvalue weighted by Gasteiger charge is -2.09. The van der Waals surface area contributed by atoms with Crippen molar-refractivity contribution < 1.29 is 14.3 Å². The molecule has 0 aromatic heterocycles. The zero-order chi connectivity index (χ0) is 12.8. The molecule has 1 aromatic carbocycles. The number of nitrogens with two attached hydrogens (primary N) is 1. The van der Waals surface area contributed by atoms with Gasteiger partial charge in [-0.3, -0.25) is 0 Å². The Morgan fingerprint density at radius 1 is 1.29 bits per heavy atom. The molecule has 0 heterocycles. The molecular weight excluding hydrogens is 222 g/mol. The first-order valence-electron chi connectivity index (χ1n) is 4.90. The number of hydrogen-bond acceptors (Lipinski definition) is 4. The van der Waals surface area contributed by atoms with Gasteiger partial charge in [-0.25, -0.2) is 10.2 Å². The highest BCUT2D eigenvalue weighted by Gasteiger charge is 2.06. The van der Waals surface area contributed by atoms with Crippen molar-refractivity contribution in [2.75, 3.05) is 14.2 Å². The molecule has 0 saturated carbocycles. The van der Waals surface area contributed by atoms with E-state index in [2.05, 4.69) is 10.5 Å². The smallest absolute Gasteiger partial charge is 0.332 e. The van der Waals surface area contributed by atoms with Crippen LogP contribution in [-0.4, -0.2) is 26.0 Å². The summed E-state index contributed by atoms with van der Waals surface area (Å²) in [6.45, 7) is 1.75. The number of amides is 2. The molecule has 6 heteroatoms. The molecule has 0 spiro atoms. The van der Waals surface area contributed by atoms with Gasteiger partial charge in [-0.05, 0) is 25.1 Å². The molecule has 3 N–H and O–H groups in total. The minimum Gasteiger partial charge on any atom is -0.493 e. The monoisotopic (exact) mass is 237 g/mol. The van der Waals surface area contributed by atoms with Crippen molar-refractivity contribution in [3.63, 3.8) is 0 Å². The van der Waals surface area contributed by atoms with Crippen LogP contribution in [0.5, 0.6) is 11.5 Å². The molecule has 0 aliphatic heterocycles. The van der Waals surface area contributed by atoms with Crippen LogP contribution in [0, 0.1) is 0 Å². The van der Waals surface area contributed by atoms with Crippen LogP contribution in [0.3, 0.4) is 0 Å². The molecule has 92 valence electrons. The highest BCUT2D eigenvalue weighted by Crippen LogP contribution is 2.27. The predicted molar refractivity (Wildman–Crippen MR) is 64.5 cm³/mol. The van der Waals surface area contributed by atoms with Gasteiger partial charge in [-0.2, -0.15) is 5.10 Å². The minimum absolute atomic E-state index is 0.596. The third-order valence-electron chi connectivity index (χ3n) is 2.14. The number of carbonyl (C=O) groups excluding carboxylic acids is 1. The summed E-state index contributed by atoms with van der Waals surface area (Å²) in [7, 11) is 3.11. The third-order valence-corrected chi connectivity index (χ3v) is 2.14. The standard InChI is InChI=1S/C11H15N3O3/c1-7(13-14-11(12)15)8-4-5-9(16-2)10(6-8)17-3/h4-6H,1-3H3,(H3,12,14,15). The lowest BCUT2D eigenvalue weighted by atomic mass is 10.1. The van der Waals surface area contributed by atoms with E-state index in [4.69, 9.17) is 15.2 Å². The van der Waals surface area contributed by atoms with E-state index in [1.165, 1.54) is 0 Å². The van der Waals surface area contributed by atoms with Gasteiger partial charge in [-0.15, -0.1) is 0 Å². The molecule has 0 fully saturated rings. The number of benzene rings is 1. The lowest BCUT2D eigenvalue weighted by molar-refractivity contribution is 0.249. The van der Waals surface area contributed by atoms with Crippen molar-refractivity contribution in [1.82, 2.24) is 5.43 Å². The first-order valence-corrected chi connectivity index (χ1v) is 4.90. The molecule has 0 bridgehead atoms. The molecule has 0 unspecified atom stereocenters.